The number of benzene rings is 2. The van der Waals surface area contributed by atoms with Gasteiger partial charge in [-0.25, -0.2) is 4.79 Å². The lowest BCUT2D eigenvalue weighted by atomic mass is 9.68. The van der Waals surface area contributed by atoms with Crippen molar-refractivity contribution in [1.29, 1.82) is 0 Å². The lowest BCUT2D eigenvalue weighted by molar-refractivity contribution is -0.274. The van der Waals surface area contributed by atoms with Crippen molar-refractivity contribution < 1.29 is 37.0 Å². The number of hydrogen-bond acceptors (Lipinski definition) is 5. The fourth-order valence-electron chi connectivity index (χ4n) is 6.07. The average molecular weight is 546 g/mol. The molecule has 0 aromatic heterocycles. The van der Waals surface area contributed by atoms with E-state index in [1.807, 2.05) is 30.3 Å². The van der Waals surface area contributed by atoms with Crippen LogP contribution in [0.2, 0.25) is 0 Å². The van der Waals surface area contributed by atoms with Gasteiger partial charge in [0, 0.05) is 18.5 Å². The van der Waals surface area contributed by atoms with E-state index in [0.29, 0.717) is 37.1 Å². The van der Waals surface area contributed by atoms with Gasteiger partial charge in [-0.3, -0.25) is 4.79 Å². The molecule has 3 aliphatic rings. The van der Waals surface area contributed by atoms with Gasteiger partial charge in [-0.2, -0.15) is 0 Å². The molecule has 1 amide bonds. The summed E-state index contributed by atoms with van der Waals surface area (Å²) in [6.07, 6.45) is -1.82. The van der Waals surface area contributed by atoms with E-state index >= 15 is 0 Å². The highest BCUT2D eigenvalue weighted by Crippen LogP contribution is 2.58. The molecule has 3 fully saturated rings. The number of ether oxygens (including phenoxy) is 3. The summed E-state index contributed by atoms with van der Waals surface area (Å²) >= 11 is 0. The second-order valence-electron chi connectivity index (χ2n) is 11.8. The van der Waals surface area contributed by atoms with Crippen LogP contribution in [-0.2, 0) is 9.53 Å². The summed E-state index contributed by atoms with van der Waals surface area (Å²) < 4.78 is 55.1. The Labute approximate surface area is 226 Å². The lowest BCUT2D eigenvalue weighted by Crippen LogP contribution is -2.51. The standard InChI is InChI=1S/C30H34F3NO5/c1-28(2,3)39-27(36)34-15-7-14-29(26(34)19-8-5-4-6-9-19)18-20(16-25(29)35)23-17-22(38-30(31,32)33)12-13-24(23)37-21-10-11-21/h4-6,8-9,12-13,17,20-21,26H,7,10-11,14-16,18H2,1-3H3. The number of carbonyl (C=O) groups is 2. The fraction of sp³-hybridized carbons (Fsp3) is 0.533. The second-order valence-corrected chi connectivity index (χ2v) is 11.8. The molecule has 5 rings (SSSR count). The Morgan fingerprint density at radius 2 is 1.77 bits per heavy atom. The van der Waals surface area contributed by atoms with E-state index in [0.717, 1.165) is 18.4 Å². The number of amides is 1. The molecule has 0 N–H and O–H groups in total. The summed E-state index contributed by atoms with van der Waals surface area (Å²) in [5.74, 6) is -0.243. The van der Waals surface area contributed by atoms with Crippen LogP contribution < -0.4 is 9.47 Å². The first kappa shape index (κ1) is 27.3. The van der Waals surface area contributed by atoms with Crippen LogP contribution in [-0.4, -0.2) is 41.4 Å². The lowest BCUT2D eigenvalue weighted by Gasteiger charge is -2.47. The third-order valence-corrected chi connectivity index (χ3v) is 7.67. The molecule has 6 nitrogen and oxygen atoms in total. The number of halogens is 3. The number of carbonyl (C=O) groups excluding carboxylic acids is 2. The van der Waals surface area contributed by atoms with Crippen molar-refractivity contribution in [3.8, 4) is 11.5 Å². The van der Waals surface area contributed by atoms with Crippen LogP contribution >= 0.6 is 0 Å². The molecule has 0 radical (unpaired) electrons. The summed E-state index contributed by atoms with van der Waals surface area (Å²) in [4.78, 5) is 29.1. The van der Waals surface area contributed by atoms with Gasteiger partial charge < -0.3 is 19.1 Å². The Morgan fingerprint density at radius 3 is 2.41 bits per heavy atom. The maximum absolute atomic E-state index is 14.0. The van der Waals surface area contributed by atoms with E-state index < -0.39 is 29.5 Å². The van der Waals surface area contributed by atoms with Crippen molar-refractivity contribution in [2.75, 3.05) is 6.54 Å². The molecule has 3 unspecified atom stereocenters. The van der Waals surface area contributed by atoms with Crippen LogP contribution in [0.5, 0.6) is 11.5 Å². The van der Waals surface area contributed by atoms with Gasteiger partial charge in [-0.15, -0.1) is 13.2 Å². The number of nitrogens with zero attached hydrogens (tertiary/aromatic N) is 1. The Bertz CT molecular complexity index is 1220. The van der Waals surface area contributed by atoms with Crippen molar-refractivity contribution in [3.63, 3.8) is 0 Å². The second kappa shape index (κ2) is 10.1. The molecule has 2 aromatic rings. The zero-order valence-corrected chi connectivity index (χ0v) is 22.4. The molecule has 2 aromatic carbocycles. The zero-order valence-electron chi connectivity index (χ0n) is 22.4. The molecule has 2 aliphatic carbocycles. The predicted molar refractivity (Wildman–Crippen MR) is 138 cm³/mol. The van der Waals surface area contributed by atoms with E-state index in [2.05, 4.69) is 4.74 Å². The number of alkyl halides is 3. The summed E-state index contributed by atoms with van der Waals surface area (Å²) in [5, 5.41) is 0. The van der Waals surface area contributed by atoms with E-state index in [4.69, 9.17) is 9.47 Å². The van der Waals surface area contributed by atoms with E-state index in [-0.39, 0.29) is 30.0 Å². The molecule has 210 valence electrons. The molecule has 1 aliphatic heterocycles. The van der Waals surface area contributed by atoms with Gasteiger partial charge in [0.25, 0.3) is 0 Å². The highest BCUT2D eigenvalue weighted by molar-refractivity contribution is 5.90. The average Bonchev–Trinajstić information content (AvgIpc) is 3.61. The molecular formula is C30H34F3NO5. The summed E-state index contributed by atoms with van der Waals surface area (Å²) in [6, 6.07) is 13.0. The van der Waals surface area contributed by atoms with E-state index in [1.165, 1.54) is 18.2 Å². The number of rotatable bonds is 5. The molecule has 3 atom stereocenters. The monoisotopic (exact) mass is 545 g/mol. The van der Waals surface area contributed by atoms with E-state index in [9.17, 15) is 22.8 Å². The Morgan fingerprint density at radius 1 is 1.05 bits per heavy atom. The minimum absolute atomic E-state index is 0.00544. The maximum Gasteiger partial charge on any atom is 0.573 e. The van der Waals surface area contributed by atoms with Gasteiger partial charge in [0.1, 0.15) is 22.9 Å². The molecule has 1 saturated heterocycles. The summed E-state index contributed by atoms with van der Waals surface area (Å²) in [6.45, 7) is 5.85. The van der Waals surface area contributed by atoms with Gasteiger partial charge in [0.2, 0.25) is 0 Å². The highest BCUT2D eigenvalue weighted by atomic mass is 19.4. The minimum Gasteiger partial charge on any atom is -0.490 e. The largest absolute Gasteiger partial charge is 0.573 e. The summed E-state index contributed by atoms with van der Waals surface area (Å²) in [7, 11) is 0. The van der Waals surface area contributed by atoms with Crippen LogP contribution in [0.25, 0.3) is 0 Å². The first-order chi connectivity index (χ1) is 18.3. The molecule has 0 bridgehead atoms. The van der Waals surface area contributed by atoms with Crippen LogP contribution in [0.3, 0.4) is 0 Å². The quantitative estimate of drug-likeness (QED) is 0.394. The number of ketones is 1. The Balaban J connectivity index is 1.53. The molecule has 9 heteroatoms. The number of piperidine rings is 1. The third kappa shape index (κ3) is 6.02. The number of Topliss-reactive ketones (excluding diaryl/α,β-unsaturated/α-hetero) is 1. The first-order valence-corrected chi connectivity index (χ1v) is 13.5. The zero-order chi connectivity index (χ0) is 28.0. The van der Waals surface area contributed by atoms with Gasteiger partial charge in [-0.1, -0.05) is 30.3 Å². The van der Waals surface area contributed by atoms with Crippen LogP contribution in [0, 0.1) is 5.41 Å². The van der Waals surface area contributed by atoms with Crippen LogP contribution in [0.4, 0.5) is 18.0 Å². The van der Waals surface area contributed by atoms with Gasteiger partial charge in [0.15, 0.2) is 0 Å². The Kier molecular flexibility index (Phi) is 7.06. The van der Waals surface area contributed by atoms with Gasteiger partial charge in [0.05, 0.1) is 17.6 Å². The SMILES string of the molecule is CC(C)(C)OC(=O)N1CCCC2(CC(c3cc(OC(F)(F)F)ccc3OC3CC3)CC2=O)C1c1ccccc1. The summed E-state index contributed by atoms with van der Waals surface area (Å²) in [5.41, 5.74) is -0.242. The molecule has 1 spiro atoms. The van der Waals surface area contributed by atoms with Crippen molar-refractivity contribution in [2.24, 2.45) is 5.41 Å². The van der Waals surface area contributed by atoms with Crippen molar-refractivity contribution >= 4 is 11.9 Å². The van der Waals surface area contributed by atoms with Crippen LogP contribution in [0.1, 0.15) is 82.4 Å². The fourth-order valence-corrected chi connectivity index (χ4v) is 6.07. The van der Waals surface area contributed by atoms with Crippen molar-refractivity contribution in [2.45, 2.75) is 89.3 Å². The number of likely N-dealkylation sites (tertiary alicyclic amines) is 1. The molecule has 1 heterocycles. The molecular weight excluding hydrogens is 511 g/mol. The van der Waals surface area contributed by atoms with Gasteiger partial charge >= 0.3 is 12.5 Å². The normalized spacial score (nSPS) is 25.6. The molecule has 2 saturated carbocycles. The van der Waals surface area contributed by atoms with Crippen molar-refractivity contribution in [3.05, 3.63) is 59.7 Å². The first-order valence-electron chi connectivity index (χ1n) is 13.5. The minimum atomic E-state index is -4.83. The third-order valence-electron chi connectivity index (χ3n) is 7.67. The topological polar surface area (TPSA) is 65.1 Å². The predicted octanol–water partition coefficient (Wildman–Crippen LogP) is 7.33. The Hall–Kier alpha value is -3.23. The van der Waals surface area contributed by atoms with Crippen LogP contribution in [0.15, 0.2) is 48.5 Å². The van der Waals surface area contributed by atoms with Crippen molar-refractivity contribution in [1.82, 2.24) is 4.90 Å². The smallest absolute Gasteiger partial charge is 0.490 e. The van der Waals surface area contributed by atoms with E-state index in [1.54, 1.807) is 25.7 Å². The number of hydrogen-bond donors (Lipinski definition) is 0. The molecule has 39 heavy (non-hydrogen) atoms. The van der Waals surface area contributed by atoms with Gasteiger partial charge in [-0.05, 0) is 82.6 Å². The highest BCUT2D eigenvalue weighted by Gasteiger charge is 2.57. The maximum atomic E-state index is 14.0.